The van der Waals surface area contributed by atoms with Gasteiger partial charge in [-0.15, -0.1) is 0 Å². The van der Waals surface area contributed by atoms with E-state index in [2.05, 4.69) is 9.88 Å². The normalized spacial score (nSPS) is 15.2. The monoisotopic (exact) mass is 442 g/mol. The van der Waals surface area contributed by atoms with Crippen LogP contribution >= 0.6 is 0 Å². The van der Waals surface area contributed by atoms with E-state index in [9.17, 15) is 17.6 Å². The average Bonchev–Trinajstić information content (AvgIpc) is 2.78. The first-order chi connectivity index (χ1) is 14.9. The summed E-state index contributed by atoms with van der Waals surface area (Å²) in [5, 5.41) is 0.683. The van der Waals surface area contributed by atoms with Gasteiger partial charge in [-0.1, -0.05) is 18.2 Å². The Morgan fingerprint density at radius 1 is 1.13 bits per heavy atom. The number of para-hydroxylation sites is 1. The molecule has 1 aliphatic heterocycles. The van der Waals surface area contributed by atoms with E-state index in [0.29, 0.717) is 43.4 Å². The van der Waals surface area contributed by atoms with Crippen molar-refractivity contribution in [2.45, 2.75) is 29.6 Å². The number of fused-ring (bicyclic) bond motifs is 1. The van der Waals surface area contributed by atoms with Gasteiger partial charge in [0.05, 0.1) is 33.5 Å². The Bertz CT molecular complexity index is 1220. The molecule has 0 atom stereocenters. The van der Waals surface area contributed by atoms with Crippen LogP contribution in [0.25, 0.3) is 10.9 Å². The second-order valence-corrected chi connectivity index (χ2v) is 9.44. The number of anilines is 1. The zero-order valence-corrected chi connectivity index (χ0v) is 17.9. The molecule has 0 radical (unpaired) electrons. The van der Waals surface area contributed by atoms with Gasteiger partial charge in [0.25, 0.3) is 0 Å². The molecule has 31 heavy (non-hydrogen) atoms. The minimum absolute atomic E-state index is 0.0174. The quantitative estimate of drug-likeness (QED) is 0.556. The lowest BCUT2D eigenvalue weighted by Gasteiger charge is -2.33. The molecule has 0 spiro atoms. The van der Waals surface area contributed by atoms with E-state index in [0.717, 1.165) is 11.8 Å². The van der Waals surface area contributed by atoms with Crippen molar-refractivity contribution < 1.29 is 22.3 Å². The molecule has 3 aromatic rings. The van der Waals surface area contributed by atoms with Crippen molar-refractivity contribution >= 4 is 32.4 Å². The van der Waals surface area contributed by atoms with Gasteiger partial charge in [0.15, 0.2) is 0 Å². The molecule has 0 saturated carbocycles. The number of carbonyl (C=O) groups excluding carboxylic acids is 1. The molecule has 1 aromatic heterocycles. The number of halogens is 1. The Balaban J connectivity index is 1.62. The molecule has 0 aliphatic carbocycles. The largest absolute Gasteiger partial charge is 0.466 e. The van der Waals surface area contributed by atoms with Gasteiger partial charge < -0.3 is 9.64 Å². The van der Waals surface area contributed by atoms with E-state index in [1.165, 1.54) is 24.4 Å². The Kier molecular flexibility index (Phi) is 5.91. The van der Waals surface area contributed by atoms with E-state index in [1.54, 1.807) is 13.0 Å². The van der Waals surface area contributed by atoms with Crippen molar-refractivity contribution in [2.24, 2.45) is 5.92 Å². The van der Waals surface area contributed by atoms with Crippen molar-refractivity contribution in [3.63, 3.8) is 0 Å². The van der Waals surface area contributed by atoms with E-state index < -0.39 is 15.7 Å². The standard InChI is InChI=1S/C23H23FN2O4S/c1-2-30-23(27)16-9-11-26(12-10-16)21-8-3-5-17-13-20(15-25-22(17)21)31(28,29)19-7-4-6-18(24)14-19/h3-8,13-16H,2,9-12H2,1H3. The number of carbonyl (C=O) groups is 1. The van der Waals surface area contributed by atoms with Crippen molar-refractivity contribution in [2.75, 3.05) is 24.6 Å². The Labute approximate surface area is 180 Å². The van der Waals surface area contributed by atoms with E-state index in [-0.39, 0.29) is 21.7 Å². The van der Waals surface area contributed by atoms with Gasteiger partial charge in [0.1, 0.15) is 5.82 Å². The molecule has 0 unspecified atom stereocenters. The third-order valence-electron chi connectivity index (χ3n) is 5.54. The molecule has 0 N–H and O–H groups in total. The number of aromatic nitrogens is 1. The Hall–Kier alpha value is -3.00. The number of benzene rings is 2. The van der Waals surface area contributed by atoms with Crippen LogP contribution in [0.4, 0.5) is 10.1 Å². The molecule has 162 valence electrons. The maximum atomic E-state index is 13.5. The number of nitrogens with zero attached hydrogens (tertiary/aromatic N) is 2. The summed E-state index contributed by atoms with van der Waals surface area (Å²) < 4.78 is 44.5. The lowest BCUT2D eigenvalue weighted by atomic mass is 9.96. The fraction of sp³-hybridized carbons (Fsp3) is 0.304. The van der Waals surface area contributed by atoms with Crippen LogP contribution in [0, 0.1) is 11.7 Å². The zero-order chi connectivity index (χ0) is 22.0. The number of hydrogen-bond donors (Lipinski definition) is 0. The first-order valence-electron chi connectivity index (χ1n) is 10.2. The van der Waals surface area contributed by atoms with Crippen molar-refractivity contribution in [3.05, 3.63) is 60.5 Å². The minimum atomic E-state index is -3.88. The number of sulfone groups is 1. The van der Waals surface area contributed by atoms with Crippen molar-refractivity contribution in [3.8, 4) is 0 Å². The van der Waals surface area contributed by atoms with Crippen LogP contribution in [0.2, 0.25) is 0 Å². The van der Waals surface area contributed by atoms with E-state index in [4.69, 9.17) is 4.74 Å². The van der Waals surface area contributed by atoms with Gasteiger partial charge in [-0.3, -0.25) is 9.78 Å². The topological polar surface area (TPSA) is 76.6 Å². The maximum Gasteiger partial charge on any atom is 0.309 e. The van der Waals surface area contributed by atoms with Crippen LogP contribution in [0.3, 0.4) is 0 Å². The first kappa shape index (κ1) is 21.2. The molecule has 8 heteroatoms. The second kappa shape index (κ2) is 8.63. The van der Waals surface area contributed by atoms with Crippen LogP contribution in [0.15, 0.2) is 64.5 Å². The second-order valence-electron chi connectivity index (χ2n) is 7.49. The highest BCUT2D eigenvalue weighted by atomic mass is 32.2. The lowest BCUT2D eigenvalue weighted by molar-refractivity contribution is -0.148. The van der Waals surface area contributed by atoms with Crippen LogP contribution < -0.4 is 4.90 Å². The molecule has 2 heterocycles. The van der Waals surface area contributed by atoms with Crippen molar-refractivity contribution in [1.29, 1.82) is 0 Å². The number of piperidine rings is 1. The average molecular weight is 443 g/mol. The first-order valence-corrected chi connectivity index (χ1v) is 11.7. The fourth-order valence-corrected chi connectivity index (χ4v) is 5.18. The summed E-state index contributed by atoms with van der Waals surface area (Å²) in [6.45, 7) is 3.56. The van der Waals surface area contributed by atoms with Crippen LogP contribution in [0.5, 0.6) is 0 Å². The number of pyridine rings is 1. The number of rotatable bonds is 5. The van der Waals surface area contributed by atoms with E-state index >= 15 is 0 Å². The van der Waals surface area contributed by atoms with Gasteiger partial charge >= 0.3 is 5.97 Å². The summed E-state index contributed by atoms with van der Waals surface area (Å²) in [4.78, 5) is 18.5. The molecule has 0 amide bonds. The summed E-state index contributed by atoms with van der Waals surface area (Å²) >= 11 is 0. The number of ether oxygens (including phenoxy) is 1. The third-order valence-corrected chi connectivity index (χ3v) is 7.26. The van der Waals surface area contributed by atoms with Crippen LogP contribution in [0.1, 0.15) is 19.8 Å². The molecule has 1 aliphatic rings. The van der Waals surface area contributed by atoms with E-state index in [1.807, 2.05) is 18.2 Å². The third kappa shape index (κ3) is 4.25. The molecule has 1 saturated heterocycles. The minimum Gasteiger partial charge on any atom is -0.466 e. The highest BCUT2D eigenvalue weighted by molar-refractivity contribution is 7.91. The summed E-state index contributed by atoms with van der Waals surface area (Å²) in [7, 11) is -3.88. The zero-order valence-electron chi connectivity index (χ0n) is 17.1. The molecule has 6 nitrogen and oxygen atoms in total. The molecular weight excluding hydrogens is 419 g/mol. The van der Waals surface area contributed by atoms with Crippen LogP contribution in [-0.2, 0) is 19.4 Å². The van der Waals surface area contributed by atoms with Gasteiger partial charge in [-0.05, 0) is 50.1 Å². The number of esters is 1. The molecule has 0 bridgehead atoms. The Morgan fingerprint density at radius 3 is 2.58 bits per heavy atom. The van der Waals surface area contributed by atoms with Gasteiger partial charge in [-0.25, -0.2) is 12.8 Å². The summed E-state index contributed by atoms with van der Waals surface area (Å²) in [6.07, 6.45) is 2.71. The summed E-state index contributed by atoms with van der Waals surface area (Å²) in [5.41, 5.74) is 1.59. The molecule has 1 fully saturated rings. The predicted molar refractivity (Wildman–Crippen MR) is 115 cm³/mol. The molecule has 4 rings (SSSR count). The number of hydrogen-bond acceptors (Lipinski definition) is 6. The Morgan fingerprint density at radius 2 is 1.87 bits per heavy atom. The highest BCUT2D eigenvalue weighted by Gasteiger charge is 2.27. The maximum absolute atomic E-state index is 13.5. The van der Waals surface area contributed by atoms with Crippen molar-refractivity contribution in [1.82, 2.24) is 4.98 Å². The smallest absolute Gasteiger partial charge is 0.309 e. The summed E-state index contributed by atoms with van der Waals surface area (Å²) in [6, 6.07) is 12.1. The predicted octanol–water partition coefficient (Wildman–Crippen LogP) is 3.99. The summed E-state index contributed by atoms with van der Waals surface area (Å²) in [5.74, 6) is -0.851. The molecular formula is C23H23FN2O4S. The van der Waals surface area contributed by atoms with Crippen LogP contribution in [-0.4, -0.2) is 39.1 Å². The highest BCUT2D eigenvalue weighted by Crippen LogP contribution is 2.31. The molecule has 2 aromatic carbocycles. The van der Waals surface area contributed by atoms with Gasteiger partial charge in [0.2, 0.25) is 9.84 Å². The van der Waals surface area contributed by atoms with Gasteiger partial charge in [0, 0.05) is 24.7 Å². The lowest BCUT2D eigenvalue weighted by Crippen LogP contribution is -2.37. The van der Waals surface area contributed by atoms with Gasteiger partial charge in [-0.2, -0.15) is 0 Å². The fourth-order valence-electron chi connectivity index (χ4n) is 3.91. The SMILES string of the molecule is CCOC(=O)C1CCN(c2cccc3cc(S(=O)(=O)c4cccc(F)c4)cnc23)CC1.